The minimum Gasteiger partial charge on any atom is -0.507 e. The Kier molecular flexibility index (Phi) is 8.83. The summed E-state index contributed by atoms with van der Waals surface area (Å²) in [5, 5.41) is 11.6. The average molecular weight is 544 g/mol. The molecule has 1 saturated heterocycles. The molecule has 0 aliphatic carbocycles. The second-order valence-corrected chi connectivity index (χ2v) is 10.4. The zero-order valence-electron chi connectivity index (χ0n) is 23.9. The molecule has 40 heavy (non-hydrogen) atoms. The van der Waals surface area contributed by atoms with Crippen LogP contribution in [0.25, 0.3) is 5.76 Å². The smallest absolute Gasteiger partial charge is 0.295 e. The molecule has 1 unspecified atom stereocenters. The van der Waals surface area contributed by atoms with Gasteiger partial charge in [-0.2, -0.15) is 0 Å². The summed E-state index contributed by atoms with van der Waals surface area (Å²) in [7, 11) is 1.58. The number of nitrogens with zero attached hydrogens (tertiary/aromatic N) is 1. The van der Waals surface area contributed by atoms with E-state index in [2.05, 4.69) is 0 Å². The molecule has 7 heteroatoms. The van der Waals surface area contributed by atoms with Gasteiger partial charge in [-0.25, -0.2) is 0 Å². The average Bonchev–Trinajstić information content (AvgIpc) is 3.17. The molecular formula is C33H37NO6. The van der Waals surface area contributed by atoms with Crippen LogP contribution in [0.5, 0.6) is 17.2 Å². The quantitative estimate of drug-likeness (QED) is 0.176. The number of benzene rings is 3. The van der Waals surface area contributed by atoms with E-state index in [-0.39, 0.29) is 29.9 Å². The van der Waals surface area contributed by atoms with Gasteiger partial charge in [-0.15, -0.1) is 0 Å². The molecule has 0 spiro atoms. The Morgan fingerprint density at radius 3 is 2.35 bits per heavy atom. The monoisotopic (exact) mass is 543 g/mol. The number of aliphatic hydroxyl groups is 1. The van der Waals surface area contributed by atoms with Crippen LogP contribution in [0.1, 0.15) is 68.8 Å². The SMILES string of the molecule is CCOc1ccc(/C(O)=C2\C(=O)C(=O)N(Cc3cccc(OC)c3)C2c2cccc(OC(C)C)c2)cc1C(C)C. The summed E-state index contributed by atoms with van der Waals surface area (Å²) < 4.78 is 17.1. The van der Waals surface area contributed by atoms with Gasteiger partial charge in [0.05, 0.1) is 31.4 Å². The number of aliphatic hydroxyl groups excluding tert-OH is 1. The Morgan fingerprint density at radius 1 is 0.950 bits per heavy atom. The molecule has 3 aromatic carbocycles. The molecule has 1 aliphatic heterocycles. The van der Waals surface area contributed by atoms with Crippen LogP contribution >= 0.6 is 0 Å². The van der Waals surface area contributed by atoms with E-state index in [4.69, 9.17) is 14.2 Å². The third-order valence-corrected chi connectivity index (χ3v) is 6.78. The molecular weight excluding hydrogens is 506 g/mol. The Morgan fingerprint density at radius 2 is 1.68 bits per heavy atom. The van der Waals surface area contributed by atoms with Gasteiger partial charge in [0.1, 0.15) is 23.0 Å². The normalized spacial score (nSPS) is 16.6. The van der Waals surface area contributed by atoms with Gasteiger partial charge >= 0.3 is 0 Å². The zero-order valence-corrected chi connectivity index (χ0v) is 23.9. The summed E-state index contributed by atoms with van der Waals surface area (Å²) in [6, 6.07) is 19.2. The lowest BCUT2D eigenvalue weighted by Crippen LogP contribution is -2.29. The molecule has 1 N–H and O–H groups in total. The minimum absolute atomic E-state index is 0.0356. The van der Waals surface area contributed by atoms with Crippen LogP contribution in [0.3, 0.4) is 0 Å². The molecule has 1 atom stereocenters. The number of hydrogen-bond donors (Lipinski definition) is 1. The summed E-state index contributed by atoms with van der Waals surface area (Å²) in [5.41, 5.74) is 2.85. The summed E-state index contributed by atoms with van der Waals surface area (Å²) in [5.74, 6) is 0.459. The van der Waals surface area contributed by atoms with Crippen molar-refractivity contribution in [2.75, 3.05) is 13.7 Å². The second kappa shape index (κ2) is 12.3. The number of carbonyl (C=O) groups excluding carboxylic acids is 2. The maximum absolute atomic E-state index is 13.6. The second-order valence-electron chi connectivity index (χ2n) is 10.4. The van der Waals surface area contributed by atoms with Crippen LogP contribution in [0.2, 0.25) is 0 Å². The highest BCUT2D eigenvalue weighted by Crippen LogP contribution is 2.42. The zero-order chi connectivity index (χ0) is 29.0. The van der Waals surface area contributed by atoms with E-state index in [1.165, 1.54) is 4.90 Å². The first kappa shape index (κ1) is 28.7. The van der Waals surface area contributed by atoms with E-state index in [0.29, 0.717) is 29.2 Å². The Balaban J connectivity index is 1.88. The number of carbonyl (C=O) groups is 2. The summed E-state index contributed by atoms with van der Waals surface area (Å²) in [6.07, 6.45) is -0.0586. The molecule has 1 heterocycles. The Bertz CT molecular complexity index is 1420. The molecule has 0 saturated carbocycles. The van der Waals surface area contributed by atoms with Gasteiger partial charge in [-0.1, -0.05) is 38.1 Å². The topological polar surface area (TPSA) is 85.3 Å². The lowest BCUT2D eigenvalue weighted by molar-refractivity contribution is -0.140. The Labute approximate surface area is 236 Å². The maximum Gasteiger partial charge on any atom is 0.295 e. The molecule has 0 radical (unpaired) electrons. The molecule has 1 fully saturated rings. The number of Topliss-reactive ketones (excluding diaryl/α,β-unsaturated/α-hetero) is 1. The van der Waals surface area contributed by atoms with Gasteiger partial charge in [-0.3, -0.25) is 9.59 Å². The standard InChI is InChI=1S/C33H37NO6/c1-7-39-28-15-14-24(18-27(28)20(2)3)31(35)29-30(23-11-9-13-26(17-23)40-21(4)5)34(33(37)32(29)36)19-22-10-8-12-25(16-22)38-6/h8-18,20-21,30,35H,7,19H2,1-6H3/b31-29+. The molecule has 0 aromatic heterocycles. The molecule has 7 nitrogen and oxygen atoms in total. The molecule has 1 amide bonds. The number of hydrogen-bond acceptors (Lipinski definition) is 6. The van der Waals surface area contributed by atoms with Crippen molar-refractivity contribution >= 4 is 17.4 Å². The highest BCUT2D eigenvalue weighted by atomic mass is 16.5. The van der Waals surface area contributed by atoms with Crippen molar-refractivity contribution < 1.29 is 28.9 Å². The number of amides is 1. The Hall–Kier alpha value is -4.26. The van der Waals surface area contributed by atoms with E-state index < -0.39 is 17.7 Å². The fourth-order valence-electron chi connectivity index (χ4n) is 4.98. The van der Waals surface area contributed by atoms with E-state index in [1.54, 1.807) is 19.2 Å². The highest BCUT2D eigenvalue weighted by Gasteiger charge is 2.46. The number of rotatable bonds is 10. The van der Waals surface area contributed by atoms with Crippen molar-refractivity contribution in [1.29, 1.82) is 0 Å². The van der Waals surface area contributed by atoms with Crippen molar-refractivity contribution in [3.8, 4) is 17.2 Å². The van der Waals surface area contributed by atoms with Crippen LogP contribution in [0.15, 0.2) is 72.3 Å². The summed E-state index contributed by atoms with van der Waals surface area (Å²) in [6.45, 7) is 10.5. The largest absolute Gasteiger partial charge is 0.507 e. The van der Waals surface area contributed by atoms with E-state index in [9.17, 15) is 14.7 Å². The molecule has 3 aromatic rings. The first-order valence-corrected chi connectivity index (χ1v) is 13.6. The van der Waals surface area contributed by atoms with Crippen LogP contribution in [0.4, 0.5) is 0 Å². The van der Waals surface area contributed by atoms with Crippen LogP contribution < -0.4 is 14.2 Å². The predicted molar refractivity (Wildman–Crippen MR) is 155 cm³/mol. The molecule has 210 valence electrons. The van der Waals surface area contributed by atoms with E-state index >= 15 is 0 Å². The maximum atomic E-state index is 13.6. The number of likely N-dealkylation sites (tertiary alicyclic amines) is 1. The first-order chi connectivity index (χ1) is 19.1. The first-order valence-electron chi connectivity index (χ1n) is 13.6. The fourth-order valence-corrected chi connectivity index (χ4v) is 4.98. The van der Waals surface area contributed by atoms with Crippen molar-refractivity contribution in [3.63, 3.8) is 0 Å². The lowest BCUT2D eigenvalue weighted by Gasteiger charge is -2.26. The van der Waals surface area contributed by atoms with Crippen LogP contribution in [-0.2, 0) is 16.1 Å². The van der Waals surface area contributed by atoms with Crippen LogP contribution in [-0.4, -0.2) is 41.5 Å². The van der Waals surface area contributed by atoms with Crippen molar-refractivity contribution in [1.82, 2.24) is 4.90 Å². The molecule has 4 rings (SSSR count). The van der Waals surface area contributed by atoms with Crippen molar-refractivity contribution in [2.45, 2.75) is 59.2 Å². The third-order valence-electron chi connectivity index (χ3n) is 6.78. The molecule has 0 bridgehead atoms. The molecule has 1 aliphatic rings. The minimum atomic E-state index is -0.823. The van der Waals surface area contributed by atoms with Crippen LogP contribution in [0, 0.1) is 0 Å². The van der Waals surface area contributed by atoms with Gasteiger partial charge in [-0.05, 0) is 85.8 Å². The fraction of sp³-hybridized carbons (Fsp3) is 0.333. The predicted octanol–water partition coefficient (Wildman–Crippen LogP) is 6.63. The van der Waals surface area contributed by atoms with Gasteiger partial charge in [0.25, 0.3) is 11.7 Å². The number of ether oxygens (including phenoxy) is 3. The highest BCUT2D eigenvalue weighted by molar-refractivity contribution is 6.46. The van der Waals surface area contributed by atoms with Crippen molar-refractivity contribution in [2.24, 2.45) is 0 Å². The van der Waals surface area contributed by atoms with Crippen molar-refractivity contribution in [3.05, 3.63) is 94.6 Å². The number of ketones is 1. The lowest BCUT2D eigenvalue weighted by atomic mass is 9.93. The summed E-state index contributed by atoms with van der Waals surface area (Å²) in [4.78, 5) is 28.6. The third kappa shape index (κ3) is 5.98. The van der Waals surface area contributed by atoms with Gasteiger partial charge in [0.2, 0.25) is 0 Å². The van der Waals surface area contributed by atoms with E-state index in [1.807, 2.05) is 89.2 Å². The number of methoxy groups -OCH3 is 1. The van der Waals surface area contributed by atoms with E-state index in [0.717, 1.165) is 16.9 Å². The van der Waals surface area contributed by atoms with Gasteiger partial charge in [0.15, 0.2) is 0 Å². The van der Waals surface area contributed by atoms with Gasteiger partial charge < -0.3 is 24.2 Å². The summed E-state index contributed by atoms with van der Waals surface area (Å²) >= 11 is 0. The van der Waals surface area contributed by atoms with Gasteiger partial charge in [0, 0.05) is 12.1 Å².